The lowest BCUT2D eigenvalue weighted by molar-refractivity contribution is -0.170. The van der Waals surface area contributed by atoms with Gasteiger partial charge in [-0.05, 0) is 63.6 Å². The second kappa shape index (κ2) is 12.1. The standard InChI is InChI=1S/C19H30N4O2.C6H8O7/c1-3-25-18(24)23-11-7-19(14-23)12-16(13-19)22-9-5-15(6-10-22)17-4-8-20-21(17)2;7-3(8)1-6(13,5(11)12)2-4(9)10/h4,8,15-16H,3,5-7,9-14H2,1-2H3;13H,1-2H2,(H,7,8)(H,9,10)(H,11,12). The van der Waals surface area contributed by atoms with Crippen molar-refractivity contribution in [1.82, 2.24) is 19.6 Å². The van der Waals surface area contributed by atoms with Gasteiger partial charge < -0.3 is 35.0 Å². The van der Waals surface area contributed by atoms with E-state index in [9.17, 15) is 19.2 Å². The largest absolute Gasteiger partial charge is 0.481 e. The Morgan fingerprint density at radius 1 is 1.08 bits per heavy atom. The third kappa shape index (κ3) is 7.01. The molecule has 212 valence electrons. The summed E-state index contributed by atoms with van der Waals surface area (Å²) in [6, 6.07) is 2.89. The molecule has 38 heavy (non-hydrogen) atoms. The fourth-order valence-electron chi connectivity index (χ4n) is 5.90. The quantitative estimate of drug-likeness (QED) is 0.375. The van der Waals surface area contributed by atoms with Crippen LogP contribution in [0.2, 0.25) is 0 Å². The van der Waals surface area contributed by atoms with Crippen LogP contribution in [0.25, 0.3) is 0 Å². The Kier molecular flexibility index (Phi) is 9.36. The molecule has 1 saturated carbocycles. The number of amides is 1. The van der Waals surface area contributed by atoms with E-state index in [0.717, 1.165) is 25.6 Å². The van der Waals surface area contributed by atoms with Gasteiger partial charge in [0.25, 0.3) is 0 Å². The van der Waals surface area contributed by atoms with Crippen LogP contribution in [0.1, 0.15) is 63.5 Å². The first kappa shape index (κ1) is 29.4. The SMILES string of the molecule is CCOC(=O)N1CCC2(CC(N3CCC(c4ccnn4C)CC3)C2)C1.O=C(O)CC(O)(CC(=O)O)C(=O)O. The Morgan fingerprint density at radius 2 is 1.68 bits per heavy atom. The first-order chi connectivity index (χ1) is 17.9. The molecular formula is C25H38N4O9. The number of ether oxygens (including phenoxy) is 1. The van der Waals surface area contributed by atoms with Gasteiger partial charge in [0.1, 0.15) is 0 Å². The van der Waals surface area contributed by atoms with E-state index in [0.29, 0.717) is 17.9 Å². The van der Waals surface area contributed by atoms with Crippen molar-refractivity contribution in [3.05, 3.63) is 18.0 Å². The molecule has 0 atom stereocenters. The molecule has 0 aromatic carbocycles. The van der Waals surface area contributed by atoms with E-state index in [4.69, 9.17) is 25.2 Å². The summed E-state index contributed by atoms with van der Waals surface area (Å²) >= 11 is 0. The predicted molar refractivity (Wildman–Crippen MR) is 133 cm³/mol. The van der Waals surface area contributed by atoms with Gasteiger partial charge in [0, 0.05) is 44.0 Å². The van der Waals surface area contributed by atoms with Crippen LogP contribution in [0, 0.1) is 5.41 Å². The number of carboxylic acids is 3. The van der Waals surface area contributed by atoms with Crippen molar-refractivity contribution in [2.45, 2.75) is 69.4 Å². The van der Waals surface area contributed by atoms with Crippen LogP contribution < -0.4 is 0 Å². The first-order valence-electron chi connectivity index (χ1n) is 12.9. The maximum atomic E-state index is 11.9. The van der Waals surface area contributed by atoms with Crippen molar-refractivity contribution in [3.63, 3.8) is 0 Å². The minimum Gasteiger partial charge on any atom is -0.481 e. The third-order valence-corrected chi connectivity index (χ3v) is 7.91. The highest BCUT2D eigenvalue weighted by Crippen LogP contribution is 2.51. The molecule has 0 radical (unpaired) electrons. The van der Waals surface area contributed by atoms with Gasteiger partial charge in [-0.3, -0.25) is 14.3 Å². The lowest BCUT2D eigenvalue weighted by Gasteiger charge is -2.51. The van der Waals surface area contributed by atoms with Gasteiger partial charge in [-0.15, -0.1) is 0 Å². The number of aryl methyl sites for hydroxylation is 1. The molecule has 4 N–H and O–H groups in total. The number of nitrogens with zero attached hydrogens (tertiary/aromatic N) is 4. The van der Waals surface area contributed by atoms with Crippen LogP contribution in [0.15, 0.2) is 12.3 Å². The summed E-state index contributed by atoms with van der Waals surface area (Å²) in [7, 11) is 2.05. The molecule has 1 aromatic heterocycles. The molecule has 4 rings (SSSR count). The van der Waals surface area contributed by atoms with Crippen molar-refractivity contribution < 1.29 is 44.3 Å². The fourth-order valence-corrected chi connectivity index (χ4v) is 5.90. The number of carbonyl (C=O) groups is 4. The van der Waals surface area contributed by atoms with Crippen LogP contribution in [0.5, 0.6) is 0 Å². The third-order valence-electron chi connectivity index (χ3n) is 7.91. The molecule has 3 aliphatic rings. The zero-order valence-corrected chi connectivity index (χ0v) is 21.9. The topological polar surface area (TPSA) is 183 Å². The molecule has 13 nitrogen and oxygen atoms in total. The van der Waals surface area contributed by atoms with Gasteiger partial charge >= 0.3 is 24.0 Å². The van der Waals surface area contributed by atoms with Gasteiger partial charge in [-0.2, -0.15) is 5.10 Å². The van der Waals surface area contributed by atoms with Gasteiger partial charge in [0.2, 0.25) is 0 Å². The zero-order valence-electron chi connectivity index (χ0n) is 21.9. The van der Waals surface area contributed by atoms with E-state index < -0.39 is 36.4 Å². The van der Waals surface area contributed by atoms with Gasteiger partial charge in [-0.25, -0.2) is 9.59 Å². The number of carbonyl (C=O) groups excluding carboxylic acids is 1. The van der Waals surface area contributed by atoms with Crippen LogP contribution >= 0.6 is 0 Å². The summed E-state index contributed by atoms with van der Waals surface area (Å²) in [6.45, 7) is 6.49. The average molecular weight is 539 g/mol. The molecule has 1 amide bonds. The molecule has 0 bridgehead atoms. The number of aromatic nitrogens is 2. The number of aliphatic hydroxyl groups is 1. The average Bonchev–Trinajstić information content (AvgIpc) is 3.45. The van der Waals surface area contributed by atoms with E-state index >= 15 is 0 Å². The molecule has 2 saturated heterocycles. The summed E-state index contributed by atoms with van der Waals surface area (Å²) in [6.07, 6.45) is 5.61. The number of rotatable bonds is 8. The fraction of sp³-hybridized carbons (Fsp3) is 0.720. The van der Waals surface area contributed by atoms with Crippen LogP contribution in [-0.4, -0.2) is 108 Å². The number of aliphatic carboxylic acids is 3. The van der Waals surface area contributed by atoms with Gasteiger partial charge in [-0.1, -0.05) is 0 Å². The highest BCUT2D eigenvalue weighted by Gasteiger charge is 2.51. The maximum Gasteiger partial charge on any atom is 0.409 e. The van der Waals surface area contributed by atoms with Gasteiger partial charge in [0.05, 0.1) is 19.4 Å². The normalized spacial score (nSPS) is 23.9. The Bertz CT molecular complexity index is 996. The predicted octanol–water partition coefficient (Wildman–Crippen LogP) is 1.36. The van der Waals surface area contributed by atoms with E-state index in [-0.39, 0.29) is 6.09 Å². The summed E-state index contributed by atoms with van der Waals surface area (Å²) < 4.78 is 7.19. The monoisotopic (exact) mass is 538 g/mol. The Morgan fingerprint density at radius 3 is 2.16 bits per heavy atom. The van der Waals surface area contributed by atoms with Crippen molar-refractivity contribution >= 4 is 24.0 Å². The first-order valence-corrected chi connectivity index (χ1v) is 12.9. The highest BCUT2D eigenvalue weighted by atomic mass is 16.6. The van der Waals surface area contributed by atoms with Crippen LogP contribution in [-0.2, 0) is 26.2 Å². The Labute approximate surface area is 221 Å². The van der Waals surface area contributed by atoms with Crippen LogP contribution in [0.4, 0.5) is 4.79 Å². The van der Waals surface area contributed by atoms with E-state index in [1.54, 1.807) is 0 Å². The second-order valence-corrected chi connectivity index (χ2v) is 10.6. The Balaban J connectivity index is 0.000000263. The molecule has 3 heterocycles. The van der Waals surface area contributed by atoms with Crippen molar-refractivity contribution in [3.8, 4) is 0 Å². The lowest BCUT2D eigenvalue weighted by Crippen LogP contribution is -2.54. The van der Waals surface area contributed by atoms with Gasteiger partial charge in [0.15, 0.2) is 5.60 Å². The highest BCUT2D eigenvalue weighted by molar-refractivity contribution is 5.88. The molecular weight excluding hydrogens is 500 g/mol. The summed E-state index contributed by atoms with van der Waals surface area (Å²) in [4.78, 5) is 47.0. The number of hydrogen-bond donors (Lipinski definition) is 4. The number of piperidine rings is 1. The molecule has 0 unspecified atom stereocenters. The molecule has 3 fully saturated rings. The summed E-state index contributed by atoms with van der Waals surface area (Å²) in [5.41, 5.74) is -0.987. The van der Waals surface area contributed by atoms with E-state index in [1.807, 2.05) is 29.7 Å². The number of likely N-dealkylation sites (tertiary alicyclic amines) is 2. The van der Waals surface area contributed by atoms with E-state index in [2.05, 4.69) is 16.1 Å². The summed E-state index contributed by atoms with van der Waals surface area (Å²) in [5.74, 6) is -4.36. The second-order valence-electron chi connectivity index (χ2n) is 10.6. The molecule has 1 aliphatic carbocycles. The lowest BCUT2D eigenvalue weighted by atomic mass is 9.64. The Hall–Kier alpha value is -3.19. The summed E-state index contributed by atoms with van der Waals surface area (Å²) in [5, 5.41) is 38.1. The minimum atomic E-state index is -2.74. The smallest absolute Gasteiger partial charge is 0.409 e. The van der Waals surface area contributed by atoms with Crippen molar-refractivity contribution in [1.29, 1.82) is 0 Å². The molecule has 1 aromatic rings. The number of carboxylic acid groups (broad SMARTS) is 3. The van der Waals surface area contributed by atoms with E-state index in [1.165, 1.54) is 44.5 Å². The molecule has 2 aliphatic heterocycles. The molecule has 1 spiro atoms. The number of hydrogen-bond acceptors (Lipinski definition) is 8. The minimum absolute atomic E-state index is 0.125. The van der Waals surface area contributed by atoms with Crippen LogP contribution in [0.3, 0.4) is 0 Å². The van der Waals surface area contributed by atoms with Crippen molar-refractivity contribution in [2.24, 2.45) is 12.5 Å². The van der Waals surface area contributed by atoms with Crippen molar-refractivity contribution in [2.75, 3.05) is 32.8 Å². The molecule has 13 heteroatoms. The maximum absolute atomic E-state index is 11.9. The zero-order chi connectivity index (χ0) is 28.1.